The molecule has 0 radical (unpaired) electrons. The van der Waals surface area contributed by atoms with Crippen LogP contribution in [0.25, 0.3) is 0 Å². The summed E-state index contributed by atoms with van der Waals surface area (Å²) in [5.74, 6) is 0. The minimum atomic E-state index is 0.389. The van der Waals surface area contributed by atoms with Gasteiger partial charge in [0.25, 0.3) is 0 Å². The van der Waals surface area contributed by atoms with E-state index in [0.29, 0.717) is 11.5 Å². The summed E-state index contributed by atoms with van der Waals surface area (Å²) in [7, 11) is 0. The second kappa shape index (κ2) is 6.42. The van der Waals surface area contributed by atoms with E-state index in [4.69, 9.17) is 11.6 Å². The highest BCUT2D eigenvalue weighted by Gasteiger charge is 2.15. The van der Waals surface area contributed by atoms with Crippen LogP contribution in [0.3, 0.4) is 0 Å². The number of nitrogens with one attached hydrogen (secondary N) is 1. The van der Waals surface area contributed by atoms with Crippen LogP contribution in [0.1, 0.15) is 52.1 Å². The molecular weight excluding hydrogens is 230 g/mol. The van der Waals surface area contributed by atoms with Crippen LogP contribution in [0, 0.1) is 5.41 Å². The van der Waals surface area contributed by atoms with Gasteiger partial charge in [0.2, 0.25) is 0 Å². The van der Waals surface area contributed by atoms with Gasteiger partial charge in [0, 0.05) is 11.1 Å². The van der Waals surface area contributed by atoms with E-state index in [2.05, 4.69) is 45.1 Å². The quantitative estimate of drug-likeness (QED) is 0.794. The third-order valence-electron chi connectivity index (χ3n) is 2.91. The molecule has 1 N–H and O–H groups in total. The maximum absolute atomic E-state index is 5.92. The fourth-order valence-electron chi connectivity index (χ4n) is 1.91. The highest BCUT2D eigenvalue weighted by molar-refractivity contribution is 6.30. The first-order chi connectivity index (χ1) is 7.92. The Morgan fingerprint density at radius 2 is 1.76 bits per heavy atom. The number of rotatable bonds is 5. The van der Waals surface area contributed by atoms with Crippen LogP contribution in [0.2, 0.25) is 5.02 Å². The zero-order chi connectivity index (χ0) is 12.9. The minimum absolute atomic E-state index is 0.389. The summed E-state index contributed by atoms with van der Waals surface area (Å²) in [5, 5.41) is 4.35. The lowest BCUT2D eigenvalue weighted by Crippen LogP contribution is -2.22. The topological polar surface area (TPSA) is 12.0 Å². The summed E-state index contributed by atoms with van der Waals surface area (Å²) in [6, 6.07) is 8.63. The van der Waals surface area contributed by atoms with E-state index in [0.717, 1.165) is 11.6 Å². The number of halogens is 1. The summed E-state index contributed by atoms with van der Waals surface area (Å²) in [5.41, 5.74) is 1.72. The van der Waals surface area contributed by atoms with E-state index in [1.807, 2.05) is 12.1 Å². The number of benzene rings is 1. The van der Waals surface area contributed by atoms with Crippen LogP contribution in [0.15, 0.2) is 24.3 Å². The van der Waals surface area contributed by atoms with Gasteiger partial charge in [-0.25, -0.2) is 0 Å². The van der Waals surface area contributed by atoms with Gasteiger partial charge in [0.15, 0.2) is 0 Å². The standard InChI is InChI=1S/C15H24ClN/c1-5-17-14(10-11-15(2,3)4)12-6-8-13(16)9-7-12/h6-9,14,17H,5,10-11H2,1-4H3. The predicted molar refractivity (Wildman–Crippen MR) is 76.6 cm³/mol. The van der Waals surface area contributed by atoms with Gasteiger partial charge in [0.05, 0.1) is 0 Å². The lowest BCUT2D eigenvalue weighted by atomic mass is 9.87. The van der Waals surface area contributed by atoms with Crippen molar-refractivity contribution in [1.29, 1.82) is 0 Å². The van der Waals surface area contributed by atoms with Gasteiger partial charge in [-0.15, -0.1) is 0 Å². The van der Waals surface area contributed by atoms with E-state index in [-0.39, 0.29) is 0 Å². The second-order valence-electron chi connectivity index (χ2n) is 5.76. The van der Waals surface area contributed by atoms with E-state index in [1.165, 1.54) is 18.4 Å². The molecule has 0 amide bonds. The Hall–Kier alpha value is -0.530. The van der Waals surface area contributed by atoms with Crippen molar-refractivity contribution in [2.24, 2.45) is 5.41 Å². The molecule has 0 aliphatic rings. The Bertz CT molecular complexity index is 324. The van der Waals surface area contributed by atoms with Crippen LogP contribution in [0.4, 0.5) is 0 Å². The zero-order valence-electron chi connectivity index (χ0n) is 11.4. The van der Waals surface area contributed by atoms with Crippen LogP contribution in [-0.4, -0.2) is 6.54 Å². The molecule has 0 fully saturated rings. The smallest absolute Gasteiger partial charge is 0.0406 e. The van der Waals surface area contributed by atoms with Gasteiger partial charge in [-0.3, -0.25) is 0 Å². The van der Waals surface area contributed by atoms with Crippen LogP contribution < -0.4 is 5.32 Å². The van der Waals surface area contributed by atoms with E-state index >= 15 is 0 Å². The molecule has 2 heteroatoms. The Morgan fingerprint density at radius 3 is 2.24 bits per heavy atom. The average Bonchev–Trinajstić information content (AvgIpc) is 2.24. The van der Waals surface area contributed by atoms with Gasteiger partial charge >= 0.3 is 0 Å². The number of hydrogen-bond donors (Lipinski definition) is 1. The summed E-state index contributed by atoms with van der Waals surface area (Å²) >= 11 is 5.92. The third-order valence-corrected chi connectivity index (χ3v) is 3.16. The molecule has 0 aliphatic carbocycles. The second-order valence-corrected chi connectivity index (χ2v) is 6.20. The highest BCUT2D eigenvalue weighted by Crippen LogP contribution is 2.27. The van der Waals surface area contributed by atoms with Crippen molar-refractivity contribution >= 4 is 11.6 Å². The Kier molecular flexibility index (Phi) is 5.48. The Balaban J connectivity index is 2.68. The van der Waals surface area contributed by atoms with Gasteiger partial charge in [0.1, 0.15) is 0 Å². The van der Waals surface area contributed by atoms with Gasteiger partial charge < -0.3 is 5.32 Å². The lowest BCUT2D eigenvalue weighted by molar-refractivity contribution is 0.334. The van der Waals surface area contributed by atoms with Crippen molar-refractivity contribution in [1.82, 2.24) is 5.32 Å². The molecule has 0 aromatic heterocycles. The molecule has 0 spiro atoms. The molecule has 0 saturated heterocycles. The summed E-state index contributed by atoms with van der Waals surface area (Å²) in [4.78, 5) is 0. The predicted octanol–water partition coefficient (Wildman–Crippen LogP) is 4.82. The molecular formula is C15H24ClN. The maximum atomic E-state index is 5.92. The van der Waals surface area contributed by atoms with Crippen molar-refractivity contribution in [3.63, 3.8) is 0 Å². The van der Waals surface area contributed by atoms with Crippen molar-refractivity contribution in [3.05, 3.63) is 34.9 Å². The summed E-state index contributed by atoms with van der Waals surface area (Å²) < 4.78 is 0. The molecule has 0 bridgehead atoms. The first-order valence-electron chi connectivity index (χ1n) is 6.41. The molecule has 0 saturated carbocycles. The summed E-state index contributed by atoms with van der Waals surface area (Å²) in [6.07, 6.45) is 2.38. The normalized spacial score (nSPS) is 13.7. The first kappa shape index (κ1) is 14.5. The average molecular weight is 254 g/mol. The summed E-state index contributed by atoms with van der Waals surface area (Å²) in [6.45, 7) is 10.0. The van der Waals surface area contributed by atoms with Crippen LogP contribution >= 0.6 is 11.6 Å². The molecule has 1 rings (SSSR count). The Labute approximate surface area is 111 Å². The monoisotopic (exact) mass is 253 g/mol. The fraction of sp³-hybridized carbons (Fsp3) is 0.600. The fourth-order valence-corrected chi connectivity index (χ4v) is 2.03. The largest absolute Gasteiger partial charge is 0.310 e. The Morgan fingerprint density at radius 1 is 1.18 bits per heavy atom. The van der Waals surface area contributed by atoms with Crippen LogP contribution in [0.5, 0.6) is 0 Å². The highest BCUT2D eigenvalue weighted by atomic mass is 35.5. The van der Waals surface area contributed by atoms with E-state index in [1.54, 1.807) is 0 Å². The first-order valence-corrected chi connectivity index (χ1v) is 6.79. The van der Waals surface area contributed by atoms with Gasteiger partial charge in [-0.2, -0.15) is 0 Å². The van der Waals surface area contributed by atoms with Crippen LogP contribution in [-0.2, 0) is 0 Å². The molecule has 1 aromatic carbocycles. The van der Waals surface area contributed by atoms with Gasteiger partial charge in [-0.05, 0) is 42.5 Å². The molecule has 1 unspecified atom stereocenters. The molecule has 1 nitrogen and oxygen atoms in total. The van der Waals surface area contributed by atoms with E-state index < -0.39 is 0 Å². The van der Waals surface area contributed by atoms with E-state index in [9.17, 15) is 0 Å². The maximum Gasteiger partial charge on any atom is 0.0406 e. The lowest BCUT2D eigenvalue weighted by Gasteiger charge is -2.24. The molecule has 96 valence electrons. The SMILES string of the molecule is CCNC(CCC(C)(C)C)c1ccc(Cl)cc1. The molecule has 0 heterocycles. The van der Waals surface area contributed by atoms with Gasteiger partial charge in [-0.1, -0.05) is 51.4 Å². The van der Waals surface area contributed by atoms with Crippen molar-refractivity contribution in [2.45, 2.75) is 46.6 Å². The molecule has 0 aliphatic heterocycles. The minimum Gasteiger partial charge on any atom is -0.310 e. The molecule has 17 heavy (non-hydrogen) atoms. The number of hydrogen-bond acceptors (Lipinski definition) is 1. The molecule has 1 aromatic rings. The molecule has 1 atom stereocenters. The zero-order valence-corrected chi connectivity index (χ0v) is 12.1. The van der Waals surface area contributed by atoms with Crippen molar-refractivity contribution in [2.75, 3.05) is 6.54 Å². The van der Waals surface area contributed by atoms with Crippen molar-refractivity contribution < 1.29 is 0 Å². The third kappa shape index (κ3) is 5.56. The van der Waals surface area contributed by atoms with Crippen molar-refractivity contribution in [3.8, 4) is 0 Å².